The molecule has 10 heteroatoms. The van der Waals surface area contributed by atoms with Crippen LogP contribution in [0.1, 0.15) is 10.4 Å². The van der Waals surface area contributed by atoms with E-state index in [0.717, 1.165) is 32.4 Å². The van der Waals surface area contributed by atoms with Gasteiger partial charge in [-0.1, -0.05) is 35.9 Å². The number of nitrogens with zero attached hydrogens (tertiary/aromatic N) is 1. The summed E-state index contributed by atoms with van der Waals surface area (Å²) in [5.41, 5.74) is 3.56. The van der Waals surface area contributed by atoms with Crippen molar-refractivity contribution in [1.82, 2.24) is 4.98 Å². The van der Waals surface area contributed by atoms with Gasteiger partial charge in [0.15, 0.2) is 5.13 Å². The molecular weight excluding hydrogens is 495 g/mol. The van der Waals surface area contributed by atoms with Gasteiger partial charge in [-0.25, -0.2) is 13.4 Å². The molecule has 0 fully saturated rings. The quantitative estimate of drug-likeness (QED) is 0.280. The van der Waals surface area contributed by atoms with Gasteiger partial charge in [-0.15, -0.1) is 34.4 Å². The highest BCUT2D eigenvalue weighted by Gasteiger charge is 2.15. The van der Waals surface area contributed by atoms with Gasteiger partial charge in [0, 0.05) is 21.0 Å². The number of thiazole rings is 1. The number of anilines is 2. The topological polar surface area (TPSA) is 88.2 Å². The zero-order chi connectivity index (χ0) is 23.4. The first-order chi connectivity index (χ1) is 15.8. The first kappa shape index (κ1) is 23.5. The molecule has 0 saturated carbocycles. The van der Waals surface area contributed by atoms with Crippen LogP contribution >= 0.6 is 34.4 Å². The number of hydrogen-bond acceptors (Lipinski definition) is 7. The van der Waals surface area contributed by atoms with E-state index in [0.29, 0.717) is 10.8 Å². The summed E-state index contributed by atoms with van der Waals surface area (Å²) in [7, 11) is -3.58. The third-order valence-corrected chi connectivity index (χ3v) is 9.28. The fourth-order valence-corrected chi connectivity index (χ4v) is 6.58. The zero-order valence-electron chi connectivity index (χ0n) is 17.9. The predicted molar refractivity (Wildman–Crippen MR) is 138 cm³/mol. The van der Waals surface area contributed by atoms with Gasteiger partial charge in [-0.3, -0.25) is 9.52 Å². The Kier molecular flexibility index (Phi) is 7.18. The summed E-state index contributed by atoms with van der Waals surface area (Å²) in [6.07, 6.45) is 0. The van der Waals surface area contributed by atoms with Crippen LogP contribution in [0.2, 0.25) is 0 Å². The van der Waals surface area contributed by atoms with Crippen LogP contribution in [0.15, 0.2) is 75.1 Å². The lowest BCUT2D eigenvalue weighted by atomic mass is 10.1. The van der Waals surface area contributed by atoms with E-state index in [1.54, 1.807) is 41.8 Å². The molecule has 0 atom stereocenters. The largest absolute Gasteiger partial charge is 0.301 e. The van der Waals surface area contributed by atoms with Crippen molar-refractivity contribution in [2.45, 2.75) is 23.0 Å². The summed E-state index contributed by atoms with van der Waals surface area (Å²) >= 11 is 3.99. The van der Waals surface area contributed by atoms with E-state index in [9.17, 15) is 13.2 Å². The fraction of sp³-hybridized carbons (Fsp3) is 0.130. The lowest BCUT2D eigenvalue weighted by Crippen LogP contribution is -2.13. The van der Waals surface area contributed by atoms with E-state index in [1.165, 1.54) is 28.7 Å². The molecule has 2 aromatic heterocycles. The minimum absolute atomic E-state index is 0.147. The fourth-order valence-electron chi connectivity index (χ4n) is 2.97. The Bertz CT molecular complexity index is 1350. The molecule has 0 aliphatic carbocycles. The third-order valence-electron chi connectivity index (χ3n) is 4.60. The highest BCUT2D eigenvalue weighted by atomic mass is 32.2. The average Bonchev–Trinajstić information content (AvgIpc) is 3.44. The highest BCUT2D eigenvalue weighted by molar-refractivity contribution is 8.00. The van der Waals surface area contributed by atoms with E-state index in [-0.39, 0.29) is 15.9 Å². The summed E-state index contributed by atoms with van der Waals surface area (Å²) in [5.74, 6) is 0.0744. The summed E-state index contributed by atoms with van der Waals surface area (Å²) in [4.78, 5) is 18.9. The number of thiophene rings is 1. The number of thioether (sulfide) groups is 1. The van der Waals surface area contributed by atoms with Crippen LogP contribution < -0.4 is 10.0 Å². The van der Waals surface area contributed by atoms with E-state index >= 15 is 0 Å². The van der Waals surface area contributed by atoms with Crippen LogP contribution in [-0.2, 0) is 14.8 Å². The maximum absolute atomic E-state index is 12.4. The van der Waals surface area contributed by atoms with Crippen LogP contribution in [0.3, 0.4) is 0 Å². The first-order valence-electron chi connectivity index (χ1n) is 9.94. The summed E-state index contributed by atoms with van der Waals surface area (Å²) in [6.45, 7) is 4.03. The second-order valence-electron chi connectivity index (χ2n) is 7.19. The number of amides is 1. The average molecular weight is 516 g/mol. The molecule has 33 heavy (non-hydrogen) atoms. The molecule has 6 nitrogen and oxygen atoms in total. The molecule has 1 amide bonds. The summed E-state index contributed by atoms with van der Waals surface area (Å²) < 4.78 is 27.4. The number of carbonyl (C=O) groups is 1. The highest BCUT2D eigenvalue weighted by Crippen LogP contribution is 2.31. The molecule has 170 valence electrons. The van der Waals surface area contributed by atoms with E-state index in [1.807, 2.05) is 38.1 Å². The normalized spacial score (nSPS) is 11.3. The van der Waals surface area contributed by atoms with E-state index in [4.69, 9.17) is 0 Å². The molecule has 0 bridgehead atoms. The van der Waals surface area contributed by atoms with Gasteiger partial charge in [-0.05, 0) is 49.6 Å². The Labute approximate surface area is 205 Å². The third kappa shape index (κ3) is 6.02. The van der Waals surface area contributed by atoms with Crippen LogP contribution in [0.25, 0.3) is 11.3 Å². The van der Waals surface area contributed by atoms with Gasteiger partial charge in [0.1, 0.15) is 4.21 Å². The molecule has 0 radical (unpaired) electrons. The number of aromatic nitrogens is 1. The lowest BCUT2D eigenvalue weighted by Gasteiger charge is -2.07. The maximum atomic E-state index is 12.4. The molecule has 0 spiro atoms. The summed E-state index contributed by atoms with van der Waals surface area (Å²) in [6, 6.07) is 18.3. The van der Waals surface area contributed by atoms with Gasteiger partial charge < -0.3 is 5.32 Å². The number of rotatable bonds is 8. The van der Waals surface area contributed by atoms with Crippen molar-refractivity contribution in [2.24, 2.45) is 0 Å². The smallest absolute Gasteiger partial charge is 0.271 e. The van der Waals surface area contributed by atoms with Crippen molar-refractivity contribution in [2.75, 3.05) is 15.8 Å². The van der Waals surface area contributed by atoms with Crippen molar-refractivity contribution in [3.05, 3.63) is 76.5 Å². The van der Waals surface area contributed by atoms with Crippen LogP contribution in [0.4, 0.5) is 10.8 Å². The molecule has 2 N–H and O–H groups in total. The molecule has 0 unspecified atom stereocenters. The first-order valence-corrected chi connectivity index (χ1v) is 14.1. The Morgan fingerprint density at radius 3 is 2.42 bits per heavy atom. The molecule has 4 aromatic rings. The second kappa shape index (κ2) is 10.1. The second-order valence-corrected chi connectivity index (χ2v) is 12.3. The van der Waals surface area contributed by atoms with Crippen molar-refractivity contribution >= 4 is 61.2 Å². The Morgan fingerprint density at radius 2 is 1.76 bits per heavy atom. The molecular formula is C23H21N3O3S4. The van der Waals surface area contributed by atoms with Crippen molar-refractivity contribution in [3.8, 4) is 11.3 Å². The molecule has 4 rings (SSSR count). The van der Waals surface area contributed by atoms with Crippen LogP contribution in [0.5, 0.6) is 0 Å². The van der Waals surface area contributed by atoms with Gasteiger partial charge in [0.2, 0.25) is 5.91 Å². The number of hydrogen-bond donors (Lipinski definition) is 2. The SMILES string of the molecule is Cc1ccc(-c2nc(NC(=O)CSc3ccc(NS(=O)(=O)c4cccs4)cc3)sc2C)cc1. The Morgan fingerprint density at radius 1 is 1.03 bits per heavy atom. The van der Waals surface area contributed by atoms with Crippen molar-refractivity contribution < 1.29 is 13.2 Å². The number of nitrogens with one attached hydrogen (secondary N) is 2. The number of aryl methyl sites for hydroxylation is 2. The summed E-state index contributed by atoms with van der Waals surface area (Å²) in [5, 5.41) is 5.16. The molecule has 2 heterocycles. The monoisotopic (exact) mass is 515 g/mol. The van der Waals surface area contributed by atoms with E-state index in [2.05, 4.69) is 15.0 Å². The van der Waals surface area contributed by atoms with Crippen molar-refractivity contribution in [3.63, 3.8) is 0 Å². The van der Waals surface area contributed by atoms with Crippen molar-refractivity contribution in [1.29, 1.82) is 0 Å². The molecule has 0 aliphatic heterocycles. The van der Waals surface area contributed by atoms with Crippen LogP contribution in [0, 0.1) is 13.8 Å². The number of carbonyl (C=O) groups excluding carboxylic acids is 1. The van der Waals surface area contributed by atoms with Gasteiger partial charge in [0.25, 0.3) is 10.0 Å². The van der Waals surface area contributed by atoms with Gasteiger partial charge in [-0.2, -0.15) is 0 Å². The number of sulfonamides is 1. The molecule has 2 aromatic carbocycles. The lowest BCUT2D eigenvalue weighted by molar-refractivity contribution is -0.113. The minimum Gasteiger partial charge on any atom is -0.301 e. The van der Waals surface area contributed by atoms with Gasteiger partial charge >= 0.3 is 0 Å². The Balaban J connectivity index is 1.32. The maximum Gasteiger partial charge on any atom is 0.271 e. The number of benzene rings is 2. The van der Waals surface area contributed by atoms with Crippen LogP contribution in [-0.4, -0.2) is 25.1 Å². The standard InChI is InChI=1S/C23H21N3O3S4/c1-15-5-7-17(8-6-15)22-16(2)32-23(25-22)24-20(27)14-31-19-11-9-18(10-12-19)26-33(28,29)21-4-3-13-30-21/h3-13,26H,14H2,1-2H3,(H,24,25,27). The van der Waals surface area contributed by atoms with Gasteiger partial charge in [0.05, 0.1) is 11.4 Å². The van der Waals surface area contributed by atoms with E-state index < -0.39 is 10.0 Å². The predicted octanol–water partition coefficient (Wildman–Crippen LogP) is 6.02. The molecule has 0 aliphatic rings. The molecule has 0 saturated heterocycles. The Hall–Kier alpha value is -2.66. The zero-order valence-corrected chi connectivity index (χ0v) is 21.1. The minimum atomic E-state index is -3.58.